The van der Waals surface area contributed by atoms with Crippen LogP contribution >= 0.6 is 0 Å². The van der Waals surface area contributed by atoms with Gasteiger partial charge in [-0.15, -0.1) is 0 Å². The van der Waals surface area contributed by atoms with E-state index in [-0.39, 0.29) is 6.10 Å². The van der Waals surface area contributed by atoms with Crippen LogP contribution in [0.5, 0.6) is 0 Å². The zero-order valence-corrected chi connectivity index (χ0v) is 12.6. The van der Waals surface area contributed by atoms with Crippen molar-refractivity contribution in [2.24, 2.45) is 0 Å². The van der Waals surface area contributed by atoms with Crippen molar-refractivity contribution in [2.45, 2.75) is 26.5 Å². The van der Waals surface area contributed by atoms with Crippen LogP contribution in [-0.2, 0) is 11.3 Å². The lowest BCUT2D eigenvalue weighted by molar-refractivity contribution is 0.0735. The molecule has 0 saturated carbocycles. The van der Waals surface area contributed by atoms with Gasteiger partial charge in [-0.05, 0) is 31.5 Å². The molecule has 0 bridgehead atoms. The quantitative estimate of drug-likeness (QED) is 0.658. The van der Waals surface area contributed by atoms with Crippen molar-refractivity contribution >= 4 is 10.9 Å². The molecule has 3 rings (SSSR count). The van der Waals surface area contributed by atoms with Gasteiger partial charge in [0.1, 0.15) is 0 Å². The Morgan fingerprint density at radius 3 is 2.43 bits per heavy atom. The zero-order valence-electron chi connectivity index (χ0n) is 12.6. The van der Waals surface area contributed by atoms with Gasteiger partial charge in [0.05, 0.1) is 12.7 Å². The van der Waals surface area contributed by atoms with Crippen molar-refractivity contribution in [2.75, 3.05) is 6.61 Å². The maximum Gasteiger partial charge on any atom is 0.0649 e. The Morgan fingerprint density at radius 2 is 1.67 bits per heavy atom. The molecular weight excluding hydrogens is 258 g/mol. The number of rotatable bonds is 5. The molecule has 0 amide bonds. The Bertz CT molecular complexity index is 713. The highest BCUT2D eigenvalue weighted by Gasteiger charge is 2.10. The van der Waals surface area contributed by atoms with E-state index in [0.29, 0.717) is 0 Å². The van der Waals surface area contributed by atoms with Crippen molar-refractivity contribution < 1.29 is 4.74 Å². The number of aromatic nitrogens is 1. The molecule has 0 unspecified atom stereocenters. The van der Waals surface area contributed by atoms with Gasteiger partial charge in [0.15, 0.2) is 0 Å². The van der Waals surface area contributed by atoms with Gasteiger partial charge in [0, 0.05) is 23.1 Å². The molecule has 2 nitrogen and oxygen atoms in total. The van der Waals surface area contributed by atoms with Gasteiger partial charge >= 0.3 is 0 Å². The van der Waals surface area contributed by atoms with E-state index in [1.165, 1.54) is 22.2 Å². The molecule has 0 aliphatic rings. The average Bonchev–Trinajstić information content (AvgIpc) is 2.87. The SMILES string of the molecule is CC(C)OCCn1c(-c2ccccc2)cc2ccccc21. The van der Waals surface area contributed by atoms with Crippen molar-refractivity contribution in [1.82, 2.24) is 4.57 Å². The van der Waals surface area contributed by atoms with E-state index < -0.39 is 0 Å². The Hall–Kier alpha value is -2.06. The molecule has 0 radical (unpaired) electrons. The summed E-state index contributed by atoms with van der Waals surface area (Å²) in [4.78, 5) is 0. The number of para-hydroxylation sites is 1. The summed E-state index contributed by atoms with van der Waals surface area (Å²) in [6, 6.07) is 21.3. The van der Waals surface area contributed by atoms with Crippen LogP contribution in [0.2, 0.25) is 0 Å². The third kappa shape index (κ3) is 3.01. The minimum Gasteiger partial charge on any atom is -0.377 e. The van der Waals surface area contributed by atoms with E-state index in [4.69, 9.17) is 4.74 Å². The molecular formula is C19H21NO. The Balaban J connectivity index is 2.02. The lowest BCUT2D eigenvalue weighted by atomic mass is 10.1. The molecule has 2 aromatic carbocycles. The number of hydrogen-bond donors (Lipinski definition) is 0. The third-order valence-electron chi connectivity index (χ3n) is 3.65. The van der Waals surface area contributed by atoms with Crippen molar-refractivity contribution in [1.29, 1.82) is 0 Å². The van der Waals surface area contributed by atoms with Crippen LogP contribution in [0.4, 0.5) is 0 Å². The molecule has 0 aliphatic carbocycles. The smallest absolute Gasteiger partial charge is 0.0649 e. The van der Waals surface area contributed by atoms with Gasteiger partial charge in [-0.2, -0.15) is 0 Å². The van der Waals surface area contributed by atoms with Crippen LogP contribution in [0.3, 0.4) is 0 Å². The number of fused-ring (bicyclic) bond motifs is 1. The number of ether oxygens (including phenoxy) is 1. The molecule has 21 heavy (non-hydrogen) atoms. The zero-order chi connectivity index (χ0) is 14.7. The third-order valence-corrected chi connectivity index (χ3v) is 3.65. The lowest BCUT2D eigenvalue weighted by Gasteiger charge is -2.13. The van der Waals surface area contributed by atoms with Gasteiger partial charge in [-0.1, -0.05) is 48.5 Å². The fourth-order valence-corrected chi connectivity index (χ4v) is 2.68. The first-order chi connectivity index (χ1) is 10.3. The maximum absolute atomic E-state index is 5.73. The largest absolute Gasteiger partial charge is 0.377 e. The maximum atomic E-state index is 5.73. The topological polar surface area (TPSA) is 14.2 Å². The Kier molecular flexibility index (Phi) is 4.07. The van der Waals surface area contributed by atoms with E-state index >= 15 is 0 Å². The molecule has 0 spiro atoms. The fourth-order valence-electron chi connectivity index (χ4n) is 2.68. The Morgan fingerprint density at radius 1 is 0.952 bits per heavy atom. The monoisotopic (exact) mass is 279 g/mol. The highest BCUT2D eigenvalue weighted by molar-refractivity contribution is 5.87. The molecule has 3 aromatic rings. The predicted molar refractivity (Wildman–Crippen MR) is 88.5 cm³/mol. The van der Waals surface area contributed by atoms with E-state index in [1.54, 1.807) is 0 Å². The minimum atomic E-state index is 0.270. The van der Waals surface area contributed by atoms with Gasteiger partial charge in [-0.25, -0.2) is 0 Å². The summed E-state index contributed by atoms with van der Waals surface area (Å²) in [5.74, 6) is 0. The first-order valence-corrected chi connectivity index (χ1v) is 7.51. The molecule has 1 aromatic heterocycles. The highest BCUT2D eigenvalue weighted by Crippen LogP contribution is 2.28. The molecule has 0 N–H and O–H groups in total. The van der Waals surface area contributed by atoms with Crippen LogP contribution in [0.25, 0.3) is 22.2 Å². The van der Waals surface area contributed by atoms with Gasteiger partial charge in [0.2, 0.25) is 0 Å². The normalized spacial score (nSPS) is 11.4. The standard InChI is InChI=1S/C19H21NO/c1-15(2)21-13-12-20-18-11-7-6-10-17(18)14-19(20)16-8-4-3-5-9-16/h3-11,14-15H,12-13H2,1-2H3. The van der Waals surface area contributed by atoms with Crippen LogP contribution in [0, 0.1) is 0 Å². The van der Waals surface area contributed by atoms with Crippen molar-refractivity contribution in [3.8, 4) is 11.3 Å². The number of benzene rings is 2. The van der Waals surface area contributed by atoms with Crippen LogP contribution in [-0.4, -0.2) is 17.3 Å². The minimum absolute atomic E-state index is 0.270. The lowest BCUT2D eigenvalue weighted by Crippen LogP contribution is -2.11. The second-order valence-corrected chi connectivity index (χ2v) is 5.53. The molecule has 1 heterocycles. The van der Waals surface area contributed by atoms with Crippen LogP contribution < -0.4 is 0 Å². The van der Waals surface area contributed by atoms with Crippen molar-refractivity contribution in [3.05, 3.63) is 60.7 Å². The van der Waals surface area contributed by atoms with E-state index in [9.17, 15) is 0 Å². The predicted octanol–water partition coefficient (Wildman–Crippen LogP) is 4.73. The van der Waals surface area contributed by atoms with Gasteiger partial charge in [0.25, 0.3) is 0 Å². The summed E-state index contributed by atoms with van der Waals surface area (Å²) in [6.07, 6.45) is 0.270. The molecule has 0 aliphatic heterocycles. The highest BCUT2D eigenvalue weighted by atomic mass is 16.5. The van der Waals surface area contributed by atoms with E-state index in [1.807, 2.05) is 0 Å². The Labute approximate surface area is 126 Å². The average molecular weight is 279 g/mol. The number of nitrogens with zero attached hydrogens (tertiary/aromatic N) is 1. The molecule has 0 atom stereocenters. The molecule has 0 fully saturated rings. The van der Waals surface area contributed by atoms with Crippen LogP contribution in [0.15, 0.2) is 60.7 Å². The molecule has 108 valence electrons. The first-order valence-electron chi connectivity index (χ1n) is 7.51. The molecule has 0 saturated heterocycles. The summed E-state index contributed by atoms with van der Waals surface area (Å²) < 4.78 is 8.09. The summed E-state index contributed by atoms with van der Waals surface area (Å²) in [5.41, 5.74) is 3.77. The summed E-state index contributed by atoms with van der Waals surface area (Å²) in [5, 5.41) is 1.28. The summed E-state index contributed by atoms with van der Waals surface area (Å²) in [6.45, 7) is 5.75. The van der Waals surface area contributed by atoms with E-state index in [2.05, 4.69) is 79.1 Å². The number of hydrogen-bond acceptors (Lipinski definition) is 1. The second kappa shape index (κ2) is 6.15. The molecule has 2 heteroatoms. The fraction of sp³-hybridized carbons (Fsp3) is 0.263. The van der Waals surface area contributed by atoms with Gasteiger partial charge < -0.3 is 9.30 Å². The summed E-state index contributed by atoms with van der Waals surface area (Å²) >= 11 is 0. The van der Waals surface area contributed by atoms with E-state index in [0.717, 1.165) is 13.2 Å². The summed E-state index contributed by atoms with van der Waals surface area (Å²) in [7, 11) is 0. The van der Waals surface area contributed by atoms with Gasteiger partial charge in [-0.3, -0.25) is 0 Å². The first kappa shape index (κ1) is 13.9. The van der Waals surface area contributed by atoms with Crippen molar-refractivity contribution in [3.63, 3.8) is 0 Å². The van der Waals surface area contributed by atoms with Crippen LogP contribution in [0.1, 0.15) is 13.8 Å². The second-order valence-electron chi connectivity index (χ2n) is 5.53.